The van der Waals surface area contributed by atoms with Crippen molar-refractivity contribution in [3.63, 3.8) is 0 Å². The Morgan fingerprint density at radius 2 is 1.88 bits per heavy atom. The highest BCUT2D eigenvalue weighted by Gasteiger charge is 2.26. The van der Waals surface area contributed by atoms with Crippen LogP contribution >= 0.6 is 0 Å². The summed E-state index contributed by atoms with van der Waals surface area (Å²) in [4.78, 5) is 14.9. The zero-order chi connectivity index (χ0) is 21.8. The summed E-state index contributed by atoms with van der Waals surface area (Å²) >= 11 is 0. The van der Waals surface area contributed by atoms with Crippen LogP contribution in [0.5, 0.6) is 0 Å². The second-order valence-corrected chi connectivity index (χ2v) is 8.76. The van der Waals surface area contributed by atoms with Crippen molar-refractivity contribution in [1.29, 1.82) is 0 Å². The summed E-state index contributed by atoms with van der Waals surface area (Å²) in [6, 6.07) is 13.9. The van der Waals surface area contributed by atoms with Crippen LogP contribution in [0.25, 0.3) is 17.0 Å². The smallest absolute Gasteiger partial charge is 0.223 e. The van der Waals surface area contributed by atoms with E-state index < -0.39 is 0 Å². The number of rotatable bonds is 6. The van der Waals surface area contributed by atoms with E-state index in [4.69, 9.17) is 5.10 Å². The van der Waals surface area contributed by atoms with E-state index in [0.717, 1.165) is 61.7 Å². The Balaban J connectivity index is 1.19. The van der Waals surface area contributed by atoms with Crippen LogP contribution < -0.4 is 10.2 Å². The summed E-state index contributed by atoms with van der Waals surface area (Å²) < 4.78 is 1.81. The first-order valence-corrected chi connectivity index (χ1v) is 11.8. The Hall–Kier alpha value is -3.22. The standard InChI is InChI=1S/C25H30N6O/c32-25(26-16-13-19-7-3-1-4-8-19)21-14-17-30(18-15-21)23-12-11-22-27-28-24(31(22)29-23)20-9-5-2-6-10-20/h2,5-7,9-12,21H,1,3-4,8,13-18H2,(H,26,32). The zero-order valence-electron chi connectivity index (χ0n) is 18.4. The Kier molecular flexibility index (Phi) is 6.14. The quantitative estimate of drug-likeness (QED) is 0.598. The first-order valence-electron chi connectivity index (χ1n) is 11.8. The fourth-order valence-electron chi connectivity index (χ4n) is 4.71. The van der Waals surface area contributed by atoms with Crippen molar-refractivity contribution in [3.05, 3.63) is 54.1 Å². The van der Waals surface area contributed by atoms with Gasteiger partial charge in [-0.2, -0.15) is 4.52 Å². The average Bonchev–Trinajstić information content (AvgIpc) is 3.29. The van der Waals surface area contributed by atoms with Crippen molar-refractivity contribution in [1.82, 2.24) is 25.1 Å². The molecule has 1 aliphatic carbocycles. The van der Waals surface area contributed by atoms with E-state index in [9.17, 15) is 4.79 Å². The second kappa shape index (κ2) is 9.51. The van der Waals surface area contributed by atoms with E-state index in [1.54, 1.807) is 0 Å². The first kappa shape index (κ1) is 20.7. The topological polar surface area (TPSA) is 75.4 Å². The van der Waals surface area contributed by atoms with Crippen molar-refractivity contribution in [3.8, 4) is 11.4 Å². The molecule has 1 aromatic carbocycles. The number of hydrogen-bond donors (Lipinski definition) is 1. The molecule has 7 heteroatoms. The van der Waals surface area contributed by atoms with Gasteiger partial charge in [-0.25, -0.2) is 0 Å². The number of amides is 1. The molecule has 5 rings (SSSR count). The normalized spacial score (nSPS) is 17.4. The summed E-state index contributed by atoms with van der Waals surface area (Å²) in [6.07, 6.45) is 10.0. The van der Waals surface area contributed by atoms with E-state index in [0.29, 0.717) is 0 Å². The molecule has 32 heavy (non-hydrogen) atoms. The molecule has 166 valence electrons. The lowest BCUT2D eigenvalue weighted by molar-refractivity contribution is -0.125. The van der Waals surface area contributed by atoms with Crippen LogP contribution in [0.4, 0.5) is 5.82 Å². The molecule has 3 heterocycles. The SMILES string of the molecule is O=C(NCCC1=CCCCC1)C1CCN(c2ccc3nnc(-c4ccccc4)n3n2)CC1. The molecule has 1 N–H and O–H groups in total. The fraction of sp³-hybridized carbons (Fsp3) is 0.440. The Labute approximate surface area is 188 Å². The molecule has 0 saturated carbocycles. The summed E-state index contributed by atoms with van der Waals surface area (Å²) in [5, 5.41) is 16.6. The number of fused-ring (bicyclic) bond motifs is 1. The van der Waals surface area contributed by atoms with Crippen LogP contribution in [0.15, 0.2) is 54.1 Å². The van der Waals surface area contributed by atoms with Crippen LogP contribution in [-0.2, 0) is 4.79 Å². The molecular formula is C25H30N6O. The fourth-order valence-corrected chi connectivity index (χ4v) is 4.71. The monoisotopic (exact) mass is 430 g/mol. The molecular weight excluding hydrogens is 400 g/mol. The van der Waals surface area contributed by atoms with Gasteiger partial charge in [0, 0.05) is 31.1 Å². The van der Waals surface area contributed by atoms with Crippen LogP contribution in [0, 0.1) is 5.92 Å². The first-order chi connectivity index (χ1) is 15.8. The van der Waals surface area contributed by atoms with Gasteiger partial charge in [-0.05, 0) is 57.1 Å². The molecule has 0 bridgehead atoms. The van der Waals surface area contributed by atoms with E-state index in [-0.39, 0.29) is 11.8 Å². The predicted octanol–water partition coefficient (Wildman–Crippen LogP) is 4.01. The predicted molar refractivity (Wildman–Crippen MR) is 125 cm³/mol. The van der Waals surface area contributed by atoms with E-state index in [2.05, 4.69) is 26.5 Å². The van der Waals surface area contributed by atoms with Gasteiger partial charge in [0.05, 0.1) is 0 Å². The van der Waals surface area contributed by atoms with Gasteiger partial charge in [0.2, 0.25) is 5.91 Å². The number of hydrogen-bond acceptors (Lipinski definition) is 5. The zero-order valence-corrected chi connectivity index (χ0v) is 18.4. The van der Waals surface area contributed by atoms with Gasteiger partial charge in [-0.1, -0.05) is 42.0 Å². The highest BCUT2D eigenvalue weighted by molar-refractivity contribution is 5.79. The van der Waals surface area contributed by atoms with Gasteiger partial charge in [0.15, 0.2) is 11.5 Å². The Bertz CT molecular complexity index is 1100. The molecule has 7 nitrogen and oxygen atoms in total. The van der Waals surface area contributed by atoms with Gasteiger partial charge in [0.1, 0.15) is 5.82 Å². The lowest BCUT2D eigenvalue weighted by atomic mass is 9.95. The lowest BCUT2D eigenvalue weighted by Gasteiger charge is -2.32. The second-order valence-electron chi connectivity index (χ2n) is 8.76. The molecule has 1 aliphatic heterocycles. The number of nitrogens with one attached hydrogen (secondary N) is 1. The summed E-state index contributed by atoms with van der Waals surface area (Å²) in [7, 11) is 0. The van der Waals surface area contributed by atoms with Gasteiger partial charge in [0.25, 0.3) is 0 Å². The van der Waals surface area contributed by atoms with Gasteiger partial charge in [-0.3, -0.25) is 4.79 Å². The minimum absolute atomic E-state index is 0.0881. The number of piperidine rings is 1. The number of carbonyl (C=O) groups is 1. The summed E-state index contributed by atoms with van der Waals surface area (Å²) in [6.45, 7) is 2.41. The summed E-state index contributed by atoms with van der Waals surface area (Å²) in [5.41, 5.74) is 3.23. The molecule has 2 aromatic heterocycles. The van der Waals surface area contributed by atoms with Crippen molar-refractivity contribution >= 4 is 17.4 Å². The third-order valence-electron chi connectivity index (χ3n) is 6.60. The van der Waals surface area contributed by atoms with Gasteiger partial charge in [-0.15, -0.1) is 15.3 Å². The Morgan fingerprint density at radius 3 is 2.66 bits per heavy atom. The van der Waals surface area contributed by atoms with Crippen molar-refractivity contribution < 1.29 is 4.79 Å². The minimum Gasteiger partial charge on any atom is -0.356 e. The molecule has 0 spiro atoms. The maximum atomic E-state index is 12.6. The lowest BCUT2D eigenvalue weighted by Crippen LogP contribution is -2.41. The molecule has 1 saturated heterocycles. The minimum atomic E-state index is 0.0881. The molecule has 1 fully saturated rings. The van der Waals surface area contributed by atoms with Crippen LogP contribution in [0.2, 0.25) is 0 Å². The van der Waals surface area contributed by atoms with Crippen molar-refractivity contribution in [2.24, 2.45) is 5.92 Å². The van der Waals surface area contributed by atoms with Crippen LogP contribution in [-0.4, -0.2) is 45.4 Å². The van der Waals surface area contributed by atoms with Gasteiger partial charge < -0.3 is 10.2 Å². The third kappa shape index (κ3) is 4.52. The van der Waals surface area contributed by atoms with Crippen molar-refractivity contribution in [2.45, 2.75) is 44.9 Å². The molecule has 0 atom stereocenters. The van der Waals surface area contributed by atoms with Crippen molar-refractivity contribution in [2.75, 3.05) is 24.5 Å². The number of anilines is 1. The molecule has 0 radical (unpaired) electrons. The maximum Gasteiger partial charge on any atom is 0.223 e. The highest BCUT2D eigenvalue weighted by atomic mass is 16.1. The number of allylic oxidation sites excluding steroid dienone is 1. The third-order valence-corrected chi connectivity index (χ3v) is 6.60. The Morgan fingerprint density at radius 1 is 1.03 bits per heavy atom. The maximum absolute atomic E-state index is 12.6. The van der Waals surface area contributed by atoms with E-state index >= 15 is 0 Å². The van der Waals surface area contributed by atoms with Gasteiger partial charge >= 0.3 is 0 Å². The average molecular weight is 431 g/mol. The van der Waals surface area contributed by atoms with Crippen LogP contribution in [0.1, 0.15) is 44.9 Å². The summed E-state index contributed by atoms with van der Waals surface area (Å²) in [5.74, 6) is 1.93. The highest BCUT2D eigenvalue weighted by Crippen LogP contribution is 2.24. The molecule has 1 amide bonds. The number of carbonyl (C=O) groups excluding carboxylic acids is 1. The van der Waals surface area contributed by atoms with E-state index in [1.807, 2.05) is 47.0 Å². The largest absolute Gasteiger partial charge is 0.356 e. The number of benzene rings is 1. The van der Waals surface area contributed by atoms with Crippen LogP contribution in [0.3, 0.4) is 0 Å². The number of nitrogens with zero attached hydrogens (tertiary/aromatic N) is 5. The number of aromatic nitrogens is 4. The molecule has 0 unspecified atom stereocenters. The molecule has 3 aromatic rings. The molecule has 2 aliphatic rings. The van der Waals surface area contributed by atoms with E-state index in [1.165, 1.54) is 31.3 Å².